The van der Waals surface area contributed by atoms with Crippen LogP contribution < -0.4 is 0 Å². The second-order valence-corrected chi connectivity index (χ2v) is 4.73. The van der Waals surface area contributed by atoms with Crippen molar-refractivity contribution in [3.05, 3.63) is 41.7 Å². The predicted octanol–water partition coefficient (Wildman–Crippen LogP) is 3.55. The first kappa shape index (κ1) is 14.2. The highest BCUT2D eigenvalue weighted by molar-refractivity contribution is 5.97. The van der Waals surface area contributed by atoms with Gasteiger partial charge in [-0.25, -0.2) is 4.79 Å². The number of aromatic carboxylic acids is 1. The van der Waals surface area contributed by atoms with E-state index in [9.17, 15) is 18.0 Å². The van der Waals surface area contributed by atoms with Crippen LogP contribution in [0.25, 0.3) is 22.2 Å². The Bertz CT molecular complexity index is 877. The van der Waals surface area contributed by atoms with Crippen molar-refractivity contribution < 1.29 is 27.6 Å². The Morgan fingerprint density at radius 1 is 1.36 bits per heavy atom. The number of aryl methyl sites for hydroxylation is 1. The number of benzene rings is 1. The lowest BCUT2D eigenvalue weighted by molar-refractivity contribution is -0.136. The quantitative estimate of drug-likeness (QED) is 0.786. The molecule has 0 atom stereocenters. The fourth-order valence-corrected chi connectivity index (χ4v) is 2.40. The summed E-state index contributed by atoms with van der Waals surface area (Å²) in [5.41, 5.74) is -0.724. The van der Waals surface area contributed by atoms with E-state index in [1.165, 1.54) is 36.0 Å². The van der Waals surface area contributed by atoms with E-state index < -0.39 is 17.7 Å². The van der Waals surface area contributed by atoms with Crippen LogP contribution in [0, 0.1) is 0 Å². The van der Waals surface area contributed by atoms with E-state index in [1.54, 1.807) is 0 Å². The molecule has 2 heterocycles. The van der Waals surface area contributed by atoms with Gasteiger partial charge in [0.15, 0.2) is 11.5 Å². The van der Waals surface area contributed by atoms with E-state index in [1.807, 2.05) is 0 Å². The normalized spacial score (nSPS) is 12.0. The number of carboxylic acids is 1. The topological polar surface area (TPSA) is 68.3 Å². The Morgan fingerprint density at radius 3 is 2.68 bits per heavy atom. The standard InChI is InChI=1S/C14H9F3N2O3/c1-19-6-8(11-5-10(13(20)21)18-22-11)7-3-2-4-9(12(7)19)14(15,16)17/h2-6H,1H3,(H,20,21). The van der Waals surface area contributed by atoms with Crippen molar-refractivity contribution >= 4 is 16.9 Å². The molecule has 1 aromatic carbocycles. The largest absolute Gasteiger partial charge is 0.476 e. The highest BCUT2D eigenvalue weighted by Gasteiger charge is 2.34. The van der Waals surface area contributed by atoms with Crippen molar-refractivity contribution in [1.29, 1.82) is 0 Å². The number of nitrogens with zero attached hydrogens (tertiary/aromatic N) is 2. The zero-order valence-corrected chi connectivity index (χ0v) is 11.2. The third-order valence-electron chi connectivity index (χ3n) is 3.30. The van der Waals surface area contributed by atoms with E-state index in [2.05, 4.69) is 5.16 Å². The number of hydrogen-bond donors (Lipinski definition) is 1. The Balaban J connectivity index is 2.26. The summed E-state index contributed by atoms with van der Waals surface area (Å²) in [4.78, 5) is 10.8. The Hall–Kier alpha value is -2.77. The molecule has 5 nitrogen and oxygen atoms in total. The SMILES string of the molecule is Cn1cc(-c2cc(C(=O)O)no2)c2cccc(C(F)(F)F)c21. The van der Waals surface area contributed by atoms with Crippen LogP contribution in [0.4, 0.5) is 13.2 Å². The zero-order valence-electron chi connectivity index (χ0n) is 11.2. The van der Waals surface area contributed by atoms with Crippen LogP contribution in [0.2, 0.25) is 0 Å². The summed E-state index contributed by atoms with van der Waals surface area (Å²) in [6.45, 7) is 0. The summed E-state index contributed by atoms with van der Waals surface area (Å²) in [5.74, 6) is -1.17. The molecule has 0 saturated carbocycles. The number of para-hydroxylation sites is 1. The first-order valence-corrected chi connectivity index (χ1v) is 6.14. The van der Waals surface area contributed by atoms with Gasteiger partial charge in [-0.3, -0.25) is 0 Å². The van der Waals surface area contributed by atoms with Gasteiger partial charge in [0.25, 0.3) is 0 Å². The maximum atomic E-state index is 13.1. The number of rotatable bonds is 2. The average molecular weight is 310 g/mol. The van der Waals surface area contributed by atoms with E-state index in [-0.39, 0.29) is 17.0 Å². The first-order valence-electron chi connectivity index (χ1n) is 6.14. The molecule has 0 amide bonds. The van der Waals surface area contributed by atoms with Crippen molar-refractivity contribution in [1.82, 2.24) is 9.72 Å². The van der Waals surface area contributed by atoms with Crippen molar-refractivity contribution in [3.8, 4) is 11.3 Å². The second kappa shape index (κ2) is 4.62. The van der Waals surface area contributed by atoms with Crippen LogP contribution in [-0.2, 0) is 13.2 Å². The molecule has 0 radical (unpaired) electrons. The van der Waals surface area contributed by atoms with Gasteiger partial charge in [-0.2, -0.15) is 13.2 Å². The molecule has 0 fully saturated rings. The molecule has 0 saturated heterocycles. The molecule has 2 aromatic heterocycles. The molecule has 8 heteroatoms. The van der Waals surface area contributed by atoms with Gasteiger partial charge >= 0.3 is 12.1 Å². The van der Waals surface area contributed by atoms with Crippen LogP contribution >= 0.6 is 0 Å². The van der Waals surface area contributed by atoms with Crippen LogP contribution in [0.3, 0.4) is 0 Å². The molecule has 0 spiro atoms. The monoisotopic (exact) mass is 310 g/mol. The average Bonchev–Trinajstić information content (AvgIpc) is 3.03. The molecule has 0 unspecified atom stereocenters. The van der Waals surface area contributed by atoms with Crippen molar-refractivity contribution in [3.63, 3.8) is 0 Å². The molecule has 114 valence electrons. The number of halogens is 3. The zero-order chi connectivity index (χ0) is 16.1. The number of hydrogen-bond acceptors (Lipinski definition) is 3. The minimum atomic E-state index is -4.49. The fraction of sp³-hybridized carbons (Fsp3) is 0.143. The molecule has 22 heavy (non-hydrogen) atoms. The summed E-state index contributed by atoms with van der Waals surface area (Å²) in [6.07, 6.45) is -3.04. The highest BCUT2D eigenvalue weighted by atomic mass is 19.4. The number of fused-ring (bicyclic) bond motifs is 1. The van der Waals surface area contributed by atoms with Gasteiger partial charge in [0, 0.05) is 30.3 Å². The highest BCUT2D eigenvalue weighted by Crippen LogP contribution is 2.39. The minimum Gasteiger partial charge on any atom is -0.476 e. The van der Waals surface area contributed by atoms with Crippen LogP contribution in [0.1, 0.15) is 16.1 Å². The van der Waals surface area contributed by atoms with Crippen LogP contribution in [0.5, 0.6) is 0 Å². The Kier molecular flexibility index (Phi) is 2.98. The smallest absolute Gasteiger partial charge is 0.418 e. The summed E-state index contributed by atoms with van der Waals surface area (Å²) < 4.78 is 45.5. The third-order valence-corrected chi connectivity index (χ3v) is 3.30. The maximum absolute atomic E-state index is 13.1. The van der Waals surface area contributed by atoms with Gasteiger partial charge in [0.1, 0.15) is 0 Å². The number of carboxylic acid groups (broad SMARTS) is 1. The molecule has 3 aromatic rings. The van der Waals surface area contributed by atoms with E-state index in [4.69, 9.17) is 9.63 Å². The van der Waals surface area contributed by atoms with Crippen molar-refractivity contribution in [2.45, 2.75) is 6.18 Å². The van der Waals surface area contributed by atoms with Gasteiger partial charge in [-0.15, -0.1) is 0 Å². The predicted molar refractivity (Wildman–Crippen MR) is 70.4 cm³/mol. The lowest BCUT2D eigenvalue weighted by Crippen LogP contribution is -2.07. The summed E-state index contributed by atoms with van der Waals surface area (Å²) in [7, 11) is 1.48. The Labute approximate surface area is 121 Å². The van der Waals surface area contributed by atoms with E-state index >= 15 is 0 Å². The maximum Gasteiger partial charge on any atom is 0.418 e. The van der Waals surface area contributed by atoms with Crippen LogP contribution in [0.15, 0.2) is 35.0 Å². The molecule has 0 aliphatic carbocycles. The number of carbonyl (C=O) groups is 1. The summed E-state index contributed by atoms with van der Waals surface area (Å²) in [6, 6.07) is 4.98. The van der Waals surface area contributed by atoms with Gasteiger partial charge in [-0.05, 0) is 6.07 Å². The first-order chi connectivity index (χ1) is 10.3. The van der Waals surface area contributed by atoms with Crippen molar-refractivity contribution in [2.24, 2.45) is 7.05 Å². The second-order valence-electron chi connectivity index (χ2n) is 4.73. The minimum absolute atomic E-state index is 0.00160. The molecule has 3 rings (SSSR count). The lowest BCUT2D eigenvalue weighted by Gasteiger charge is -2.09. The van der Waals surface area contributed by atoms with Gasteiger partial charge in [0.05, 0.1) is 11.1 Å². The molecule has 0 aliphatic rings. The van der Waals surface area contributed by atoms with Crippen LogP contribution in [-0.4, -0.2) is 20.8 Å². The molecular formula is C14H9F3N2O3. The van der Waals surface area contributed by atoms with Crippen molar-refractivity contribution in [2.75, 3.05) is 0 Å². The number of alkyl halides is 3. The van der Waals surface area contributed by atoms with E-state index in [0.29, 0.717) is 10.9 Å². The van der Waals surface area contributed by atoms with Gasteiger partial charge in [0.2, 0.25) is 0 Å². The van der Waals surface area contributed by atoms with E-state index in [0.717, 1.165) is 6.07 Å². The molecule has 0 aliphatic heterocycles. The Morgan fingerprint density at radius 2 is 2.09 bits per heavy atom. The summed E-state index contributed by atoms with van der Waals surface area (Å²) >= 11 is 0. The molecular weight excluding hydrogens is 301 g/mol. The van der Waals surface area contributed by atoms with Gasteiger partial charge < -0.3 is 14.2 Å². The number of aromatic nitrogens is 2. The summed E-state index contributed by atoms with van der Waals surface area (Å²) in [5, 5.41) is 12.5. The third kappa shape index (κ3) is 2.12. The molecule has 1 N–H and O–H groups in total. The fourth-order valence-electron chi connectivity index (χ4n) is 2.40. The molecule has 0 bridgehead atoms. The lowest BCUT2D eigenvalue weighted by atomic mass is 10.1. The van der Waals surface area contributed by atoms with Gasteiger partial charge in [-0.1, -0.05) is 17.3 Å².